The molecule has 6 heteroatoms. The summed E-state index contributed by atoms with van der Waals surface area (Å²) in [6.45, 7) is 0.372. The van der Waals surface area contributed by atoms with Crippen molar-refractivity contribution in [3.63, 3.8) is 0 Å². The summed E-state index contributed by atoms with van der Waals surface area (Å²) in [6.07, 6.45) is 1.97. The molecule has 2 aromatic heterocycles. The van der Waals surface area contributed by atoms with Crippen molar-refractivity contribution in [3.05, 3.63) is 89.4 Å². The van der Waals surface area contributed by atoms with Gasteiger partial charge in [-0.15, -0.1) is 11.3 Å². The molecule has 4 rings (SSSR count). The highest BCUT2D eigenvalue weighted by molar-refractivity contribution is 7.13. The Hall–Kier alpha value is -3.38. The average molecular weight is 389 g/mol. The number of hydrogen-bond acceptors (Lipinski definition) is 4. The maximum Gasteiger partial charge on any atom is 0.255 e. The van der Waals surface area contributed by atoms with E-state index in [4.69, 9.17) is 9.84 Å². The predicted octanol–water partition coefficient (Wildman–Crippen LogP) is 4.54. The fourth-order valence-electron chi connectivity index (χ4n) is 2.98. The fourth-order valence-corrected chi connectivity index (χ4v) is 3.72. The van der Waals surface area contributed by atoms with E-state index in [1.165, 1.54) is 0 Å². The molecule has 0 spiro atoms. The third-order valence-electron chi connectivity index (χ3n) is 4.36. The zero-order chi connectivity index (χ0) is 19.3. The van der Waals surface area contributed by atoms with Crippen LogP contribution < -0.4 is 10.1 Å². The number of carbonyl (C=O) groups is 1. The third kappa shape index (κ3) is 3.68. The third-order valence-corrected chi connectivity index (χ3v) is 5.23. The zero-order valence-corrected chi connectivity index (χ0v) is 16.1. The molecule has 0 unspecified atom stereocenters. The van der Waals surface area contributed by atoms with E-state index < -0.39 is 0 Å². The quantitative estimate of drug-likeness (QED) is 0.527. The van der Waals surface area contributed by atoms with Gasteiger partial charge in [0.2, 0.25) is 0 Å². The molecule has 4 aromatic rings. The van der Waals surface area contributed by atoms with Crippen molar-refractivity contribution in [1.82, 2.24) is 15.1 Å². The van der Waals surface area contributed by atoms with Crippen LogP contribution in [-0.2, 0) is 6.54 Å². The first-order valence-electron chi connectivity index (χ1n) is 8.85. The van der Waals surface area contributed by atoms with Crippen LogP contribution in [0.2, 0.25) is 0 Å². The number of amides is 1. The lowest BCUT2D eigenvalue weighted by molar-refractivity contribution is 0.0948. The molecule has 0 aliphatic rings. The number of benzene rings is 2. The molecule has 0 aliphatic carbocycles. The number of methoxy groups -OCH3 is 1. The summed E-state index contributed by atoms with van der Waals surface area (Å²) in [5, 5.41) is 9.77. The number of aromatic nitrogens is 2. The first-order chi connectivity index (χ1) is 13.8. The second-order valence-electron chi connectivity index (χ2n) is 6.14. The molecule has 0 atom stereocenters. The number of ether oxygens (including phenoxy) is 1. The Bertz CT molecular complexity index is 1070. The number of rotatable bonds is 6. The summed E-state index contributed by atoms with van der Waals surface area (Å²) < 4.78 is 7.13. The Labute approximate surface area is 167 Å². The van der Waals surface area contributed by atoms with Gasteiger partial charge in [0.05, 0.1) is 23.2 Å². The van der Waals surface area contributed by atoms with Gasteiger partial charge in [0, 0.05) is 18.3 Å². The molecular formula is C22H19N3O2S. The Balaban J connectivity index is 1.62. The van der Waals surface area contributed by atoms with Crippen LogP contribution in [0.5, 0.6) is 5.75 Å². The Morgan fingerprint density at radius 1 is 1.07 bits per heavy atom. The van der Waals surface area contributed by atoms with Crippen LogP contribution in [0.3, 0.4) is 0 Å². The maximum absolute atomic E-state index is 12.7. The minimum atomic E-state index is -0.179. The van der Waals surface area contributed by atoms with Gasteiger partial charge in [-0.3, -0.25) is 4.79 Å². The smallest absolute Gasteiger partial charge is 0.255 e. The lowest BCUT2D eigenvalue weighted by Crippen LogP contribution is -2.23. The topological polar surface area (TPSA) is 56.1 Å². The summed E-state index contributed by atoms with van der Waals surface area (Å²) in [6, 6.07) is 21.2. The van der Waals surface area contributed by atoms with E-state index >= 15 is 0 Å². The van der Waals surface area contributed by atoms with Gasteiger partial charge in [0.1, 0.15) is 11.4 Å². The van der Waals surface area contributed by atoms with E-state index in [0.29, 0.717) is 17.9 Å². The first-order valence-corrected chi connectivity index (χ1v) is 9.73. The molecule has 0 fully saturated rings. The minimum absolute atomic E-state index is 0.179. The van der Waals surface area contributed by atoms with Gasteiger partial charge >= 0.3 is 0 Å². The first kappa shape index (κ1) is 18.0. The zero-order valence-electron chi connectivity index (χ0n) is 15.3. The van der Waals surface area contributed by atoms with Crippen LogP contribution in [0.25, 0.3) is 16.3 Å². The lowest BCUT2D eigenvalue weighted by atomic mass is 10.1. The molecular weight excluding hydrogens is 370 g/mol. The van der Waals surface area contributed by atoms with Crippen molar-refractivity contribution in [1.29, 1.82) is 0 Å². The monoisotopic (exact) mass is 389 g/mol. The van der Waals surface area contributed by atoms with Crippen molar-refractivity contribution in [2.75, 3.05) is 7.11 Å². The van der Waals surface area contributed by atoms with Crippen LogP contribution in [0.1, 0.15) is 15.9 Å². The average Bonchev–Trinajstić information content (AvgIpc) is 3.42. The van der Waals surface area contributed by atoms with Crippen LogP contribution in [0.15, 0.2) is 78.3 Å². The van der Waals surface area contributed by atoms with Gasteiger partial charge in [-0.25, -0.2) is 4.68 Å². The molecule has 5 nitrogen and oxygen atoms in total. The SMILES string of the molecule is COc1ccccc1C(=O)NCc1cn(-c2ccccc2)nc1-c1cccs1. The van der Waals surface area contributed by atoms with E-state index in [2.05, 4.69) is 5.32 Å². The van der Waals surface area contributed by atoms with Gasteiger partial charge in [-0.2, -0.15) is 5.10 Å². The van der Waals surface area contributed by atoms with E-state index in [1.54, 1.807) is 30.6 Å². The molecule has 0 aliphatic heterocycles. The molecule has 2 heterocycles. The van der Waals surface area contributed by atoms with Crippen molar-refractivity contribution in [2.24, 2.45) is 0 Å². The largest absolute Gasteiger partial charge is 0.496 e. The Kier molecular flexibility index (Phi) is 5.21. The number of hydrogen-bond donors (Lipinski definition) is 1. The van der Waals surface area contributed by atoms with Crippen molar-refractivity contribution >= 4 is 17.2 Å². The summed E-state index contributed by atoms with van der Waals surface area (Å²) >= 11 is 1.63. The molecule has 140 valence electrons. The minimum Gasteiger partial charge on any atom is -0.496 e. The standard InChI is InChI=1S/C22H19N3O2S/c1-27-19-11-6-5-10-18(19)22(26)23-14-16-15-25(17-8-3-2-4-9-17)24-21(16)20-12-7-13-28-20/h2-13,15H,14H2,1H3,(H,23,26). The molecule has 0 saturated carbocycles. The number of nitrogens with zero attached hydrogens (tertiary/aromatic N) is 2. The second kappa shape index (κ2) is 8.10. The number of thiophene rings is 1. The van der Waals surface area contributed by atoms with Crippen molar-refractivity contribution < 1.29 is 9.53 Å². The van der Waals surface area contributed by atoms with Crippen LogP contribution in [0, 0.1) is 0 Å². The van der Waals surface area contributed by atoms with Gasteiger partial charge < -0.3 is 10.1 Å². The molecule has 0 bridgehead atoms. The highest BCUT2D eigenvalue weighted by Gasteiger charge is 2.16. The number of nitrogens with one attached hydrogen (secondary N) is 1. The van der Waals surface area contributed by atoms with Crippen LogP contribution in [0.4, 0.5) is 0 Å². The second-order valence-corrected chi connectivity index (χ2v) is 7.09. The van der Waals surface area contributed by atoms with E-state index in [0.717, 1.165) is 21.8 Å². The number of para-hydroxylation sites is 2. The highest BCUT2D eigenvalue weighted by Crippen LogP contribution is 2.28. The van der Waals surface area contributed by atoms with E-state index in [1.807, 2.05) is 70.9 Å². The molecule has 2 aromatic carbocycles. The van der Waals surface area contributed by atoms with Crippen LogP contribution in [-0.4, -0.2) is 22.8 Å². The molecule has 0 saturated heterocycles. The highest BCUT2D eigenvalue weighted by atomic mass is 32.1. The molecule has 1 N–H and O–H groups in total. The van der Waals surface area contributed by atoms with Crippen molar-refractivity contribution in [3.8, 4) is 22.0 Å². The fraction of sp³-hybridized carbons (Fsp3) is 0.0909. The maximum atomic E-state index is 12.7. The summed E-state index contributed by atoms with van der Waals surface area (Å²) in [5.41, 5.74) is 3.31. The molecule has 1 amide bonds. The van der Waals surface area contributed by atoms with E-state index in [9.17, 15) is 4.79 Å². The van der Waals surface area contributed by atoms with Gasteiger partial charge in [-0.05, 0) is 35.7 Å². The number of carbonyl (C=O) groups excluding carboxylic acids is 1. The normalized spacial score (nSPS) is 10.6. The molecule has 0 radical (unpaired) electrons. The summed E-state index contributed by atoms with van der Waals surface area (Å²) in [4.78, 5) is 13.7. The summed E-state index contributed by atoms with van der Waals surface area (Å²) in [7, 11) is 1.56. The summed E-state index contributed by atoms with van der Waals surface area (Å²) in [5.74, 6) is 0.375. The van der Waals surface area contributed by atoms with Crippen LogP contribution >= 0.6 is 11.3 Å². The molecule has 28 heavy (non-hydrogen) atoms. The Morgan fingerprint density at radius 2 is 1.86 bits per heavy atom. The van der Waals surface area contributed by atoms with E-state index in [-0.39, 0.29) is 5.91 Å². The lowest BCUT2D eigenvalue weighted by Gasteiger charge is -2.09. The van der Waals surface area contributed by atoms with Gasteiger partial charge in [0.15, 0.2) is 0 Å². The van der Waals surface area contributed by atoms with Gasteiger partial charge in [0.25, 0.3) is 5.91 Å². The Morgan fingerprint density at radius 3 is 2.61 bits per heavy atom. The predicted molar refractivity (Wildman–Crippen MR) is 111 cm³/mol. The van der Waals surface area contributed by atoms with Crippen molar-refractivity contribution in [2.45, 2.75) is 6.54 Å². The van der Waals surface area contributed by atoms with Gasteiger partial charge in [-0.1, -0.05) is 36.4 Å².